The van der Waals surface area contributed by atoms with Crippen LogP contribution in [0.1, 0.15) is 41.4 Å². The number of hydrogen-bond acceptors (Lipinski definition) is 7. The molecule has 154 valence electrons. The highest BCUT2D eigenvalue weighted by molar-refractivity contribution is 7.98. The Morgan fingerprint density at radius 1 is 1.41 bits per heavy atom. The molecule has 0 unspecified atom stereocenters. The molecule has 1 aliphatic carbocycles. The van der Waals surface area contributed by atoms with Gasteiger partial charge in [0, 0.05) is 29.6 Å². The van der Waals surface area contributed by atoms with E-state index in [0.29, 0.717) is 24.6 Å². The van der Waals surface area contributed by atoms with Crippen molar-refractivity contribution in [3.63, 3.8) is 0 Å². The number of fused-ring (bicyclic) bond motifs is 3. The summed E-state index contributed by atoms with van der Waals surface area (Å²) in [6.45, 7) is 4.87. The van der Waals surface area contributed by atoms with Crippen LogP contribution in [-0.4, -0.2) is 27.5 Å². The molecule has 1 amide bonds. The number of hydrogen-bond donors (Lipinski definition) is 1. The highest BCUT2D eigenvalue weighted by Gasteiger charge is 2.24. The van der Waals surface area contributed by atoms with Gasteiger partial charge < -0.3 is 5.32 Å². The number of rotatable bonds is 6. The van der Waals surface area contributed by atoms with Gasteiger partial charge in [0.15, 0.2) is 5.16 Å². The van der Waals surface area contributed by atoms with E-state index in [9.17, 15) is 9.59 Å². The molecule has 0 radical (unpaired) electrons. The van der Waals surface area contributed by atoms with Crippen LogP contribution < -0.4 is 10.9 Å². The summed E-state index contributed by atoms with van der Waals surface area (Å²) in [4.78, 5) is 36.4. The molecule has 1 aliphatic rings. The first-order valence-electron chi connectivity index (χ1n) is 9.81. The van der Waals surface area contributed by atoms with Gasteiger partial charge in [-0.05, 0) is 37.7 Å². The summed E-state index contributed by atoms with van der Waals surface area (Å²) in [6.07, 6.45) is 3.48. The first kappa shape index (κ1) is 20.6. The monoisotopic (exact) mass is 448 g/mol. The van der Waals surface area contributed by atoms with Crippen molar-refractivity contribution >= 4 is 50.6 Å². The quantitative estimate of drug-likeness (QED) is 0.460. The van der Waals surface area contributed by atoms with E-state index in [-0.39, 0.29) is 11.5 Å². The van der Waals surface area contributed by atoms with Gasteiger partial charge in [-0.25, -0.2) is 9.97 Å². The molecular weight excluding hydrogens is 424 g/mol. The number of thioether (sulfide) groups is 1. The molecule has 0 saturated carbocycles. The van der Waals surface area contributed by atoms with Gasteiger partial charge in [-0.2, -0.15) is 0 Å². The third kappa shape index (κ3) is 4.13. The predicted octanol–water partition coefficient (Wildman–Crippen LogP) is 3.64. The fourth-order valence-corrected chi connectivity index (χ4v) is 6.93. The van der Waals surface area contributed by atoms with Crippen molar-refractivity contribution in [1.82, 2.24) is 19.9 Å². The summed E-state index contributed by atoms with van der Waals surface area (Å²) in [5.74, 6) is 1.26. The molecule has 0 aromatic carbocycles. The van der Waals surface area contributed by atoms with Gasteiger partial charge in [0.2, 0.25) is 5.91 Å². The van der Waals surface area contributed by atoms with Crippen molar-refractivity contribution in [2.75, 3.05) is 7.05 Å². The van der Waals surface area contributed by atoms with Crippen LogP contribution in [0.15, 0.2) is 15.3 Å². The number of aryl methyl sites for hydroxylation is 1. The number of thiazole rings is 1. The third-order valence-corrected chi connectivity index (χ3v) is 8.29. The van der Waals surface area contributed by atoms with Crippen LogP contribution in [0.4, 0.5) is 0 Å². The Kier molecular flexibility index (Phi) is 6.08. The lowest BCUT2D eigenvalue weighted by Gasteiger charge is -2.17. The molecule has 1 N–H and O–H groups in total. The Morgan fingerprint density at radius 3 is 3.00 bits per heavy atom. The van der Waals surface area contributed by atoms with E-state index in [1.54, 1.807) is 34.7 Å². The minimum atomic E-state index is -0.0403. The van der Waals surface area contributed by atoms with Gasteiger partial charge in [0.05, 0.1) is 17.5 Å². The second kappa shape index (κ2) is 8.57. The number of thiophene rings is 1. The van der Waals surface area contributed by atoms with E-state index < -0.39 is 0 Å². The van der Waals surface area contributed by atoms with Crippen LogP contribution in [-0.2, 0) is 36.4 Å². The van der Waals surface area contributed by atoms with Crippen molar-refractivity contribution < 1.29 is 4.79 Å². The average Bonchev–Trinajstić information content (AvgIpc) is 3.29. The van der Waals surface area contributed by atoms with Gasteiger partial charge in [-0.1, -0.05) is 18.7 Å². The van der Waals surface area contributed by atoms with E-state index in [1.165, 1.54) is 21.8 Å². The molecule has 3 aromatic rings. The smallest absolute Gasteiger partial charge is 0.263 e. The van der Waals surface area contributed by atoms with Gasteiger partial charge in [-0.15, -0.1) is 22.7 Å². The first-order chi connectivity index (χ1) is 14.0. The summed E-state index contributed by atoms with van der Waals surface area (Å²) >= 11 is 4.72. The molecule has 0 bridgehead atoms. The van der Waals surface area contributed by atoms with Crippen LogP contribution >= 0.6 is 34.4 Å². The lowest BCUT2D eigenvalue weighted by molar-refractivity contribution is -0.119. The summed E-state index contributed by atoms with van der Waals surface area (Å²) in [5.41, 5.74) is 2.23. The number of aromatic nitrogens is 3. The Balaban J connectivity index is 1.61. The number of carbonyl (C=O) groups excluding carboxylic acids is 1. The van der Waals surface area contributed by atoms with Crippen LogP contribution in [0.3, 0.4) is 0 Å². The number of carbonyl (C=O) groups is 1. The molecule has 0 saturated heterocycles. The maximum Gasteiger partial charge on any atom is 0.263 e. The zero-order valence-corrected chi connectivity index (χ0v) is 19.2. The van der Waals surface area contributed by atoms with Crippen molar-refractivity contribution in [3.05, 3.63) is 36.9 Å². The summed E-state index contributed by atoms with van der Waals surface area (Å²) in [7, 11) is 1.63. The molecule has 0 aliphatic heterocycles. The van der Waals surface area contributed by atoms with E-state index in [1.807, 2.05) is 12.3 Å². The van der Waals surface area contributed by atoms with E-state index in [4.69, 9.17) is 4.98 Å². The molecule has 6 nitrogen and oxygen atoms in total. The van der Waals surface area contributed by atoms with Crippen LogP contribution in [0.2, 0.25) is 0 Å². The second-order valence-electron chi connectivity index (χ2n) is 7.35. The molecule has 3 aromatic heterocycles. The highest BCUT2D eigenvalue weighted by Crippen LogP contribution is 2.36. The summed E-state index contributed by atoms with van der Waals surface area (Å²) < 4.78 is 1.79. The molecule has 9 heteroatoms. The normalized spacial score (nSPS) is 16.2. The Morgan fingerprint density at radius 2 is 2.24 bits per heavy atom. The molecule has 29 heavy (non-hydrogen) atoms. The number of nitrogens with one attached hydrogen (secondary N) is 1. The first-order valence-corrected chi connectivity index (χ1v) is 12.5. The number of amides is 1. The lowest BCUT2D eigenvalue weighted by atomic mass is 9.89. The minimum absolute atomic E-state index is 0.0403. The third-order valence-electron chi connectivity index (χ3n) is 5.24. The fourth-order valence-electron chi connectivity index (χ4n) is 3.65. The maximum absolute atomic E-state index is 13.2. The van der Waals surface area contributed by atoms with Crippen molar-refractivity contribution in [1.29, 1.82) is 0 Å². The molecule has 0 spiro atoms. The Hall–Kier alpha value is -1.71. The fraction of sp³-hybridized carbons (Fsp3) is 0.500. The minimum Gasteiger partial charge on any atom is -0.359 e. The molecule has 4 rings (SSSR count). The van der Waals surface area contributed by atoms with E-state index in [2.05, 4.69) is 17.2 Å². The van der Waals surface area contributed by atoms with Crippen LogP contribution in [0.5, 0.6) is 0 Å². The zero-order chi connectivity index (χ0) is 20.5. The van der Waals surface area contributed by atoms with Crippen molar-refractivity contribution in [3.8, 4) is 0 Å². The Labute approximate surface area is 181 Å². The summed E-state index contributed by atoms with van der Waals surface area (Å²) in [6, 6.07) is 0. The zero-order valence-electron chi connectivity index (χ0n) is 16.8. The van der Waals surface area contributed by atoms with E-state index >= 15 is 0 Å². The average molecular weight is 449 g/mol. The van der Waals surface area contributed by atoms with E-state index in [0.717, 1.165) is 45.3 Å². The lowest BCUT2D eigenvalue weighted by Crippen LogP contribution is -2.23. The largest absolute Gasteiger partial charge is 0.359 e. The highest BCUT2D eigenvalue weighted by atomic mass is 32.2. The van der Waals surface area contributed by atoms with Gasteiger partial charge in [0.1, 0.15) is 9.84 Å². The number of likely N-dealkylation sites (N-methyl/N-ethyl adjacent to an activating group) is 1. The van der Waals surface area contributed by atoms with Crippen LogP contribution in [0, 0.1) is 5.92 Å². The van der Waals surface area contributed by atoms with Crippen molar-refractivity contribution in [2.24, 2.45) is 5.92 Å². The standard InChI is InChI=1S/C20H24N4O2S3/c1-4-24-19(26)17-13-6-5-11(2)7-14(13)29-18(17)23-20(24)28-10-12-9-27-16(22-12)8-15(25)21-3/h9,11H,4-8,10H2,1-3H3,(H,21,25)/t11-/m0/s1. The van der Waals surface area contributed by atoms with Crippen LogP contribution in [0.25, 0.3) is 10.2 Å². The predicted molar refractivity (Wildman–Crippen MR) is 120 cm³/mol. The number of nitrogens with zero attached hydrogens (tertiary/aromatic N) is 3. The maximum atomic E-state index is 13.2. The molecule has 1 atom stereocenters. The molecule has 0 fully saturated rings. The van der Waals surface area contributed by atoms with Gasteiger partial charge in [0.25, 0.3) is 5.56 Å². The Bertz CT molecular complexity index is 1120. The molecular formula is C20H24N4O2S3. The second-order valence-corrected chi connectivity index (χ2v) is 10.3. The van der Waals surface area contributed by atoms with Crippen molar-refractivity contribution in [2.45, 2.75) is 57.0 Å². The summed E-state index contributed by atoms with van der Waals surface area (Å²) in [5, 5.41) is 6.98. The SMILES string of the molecule is CCn1c(SCc2csc(CC(=O)NC)n2)nc2sc3c(c2c1=O)CC[C@H](C)C3. The topological polar surface area (TPSA) is 76.9 Å². The van der Waals surface area contributed by atoms with Gasteiger partial charge >= 0.3 is 0 Å². The molecule has 3 heterocycles. The van der Waals surface area contributed by atoms with Gasteiger partial charge in [-0.3, -0.25) is 14.2 Å².